The number of nitrogens with zero attached hydrogens (tertiary/aromatic N) is 1. The van der Waals surface area contributed by atoms with Crippen LogP contribution in [0.4, 0.5) is 5.69 Å². The molecule has 1 fully saturated rings. The van der Waals surface area contributed by atoms with Crippen molar-refractivity contribution in [1.82, 2.24) is 0 Å². The van der Waals surface area contributed by atoms with Crippen LogP contribution >= 0.6 is 0 Å². The quantitative estimate of drug-likeness (QED) is 0.444. The van der Waals surface area contributed by atoms with Gasteiger partial charge in [0.2, 0.25) is 0 Å². The molecular weight excluding hydrogens is 314 g/mol. The maximum Gasteiger partial charge on any atom is 0.264 e. The van der Waals surface area contributed by atoms with Crippen molar-refractivity contribution in [2.24, 2.45) is 0 Å². The SMILES string of the molecule is C/C(O)=C1\C(=O)N(c2ccccc2)C(=N)C(=C=N)C1c1ccccc1. The first-order chi connectivity index (χ1) is 12.1. The highest BCUT2D eigenvalue weighted by Crippen LogP contribution is 2.39. The molecule has 0 saturated carbocycles. The van der Waals surface area contributed by atoms with Gasteiger partial charge in [-0.1, -0.05) is 48.5 Å². The van der Waals surface area contributed by atoms with Gasteiger partial charge in [0.1, 0.15) is 5.84 Å². The van der Waals surface area contributed by atoms with Gasteiger partial charge in [0.25, 0.3) is 5.91 Å². The molecule has 5 heteroatoms. The fourth-order valence-corrected chi connectivity index (χ4v) is 3.04. The monoisotopic (exact) mass is 331 g/mol. The maximum absolute atomic E-state index is 13.1. The average molecular weight is 331 g/mol. The Kier molecular flexibility index (Phi) is 4.33. The van der Waals surface area contributed by atoms with Crippen LogP contribution in [0.1, 0.15) is 18.4 Å². The van der Waals surface area contributed by atoms with Gasteiger partial charge in [-0.25, -0.2) is 0 Å². The third-order valence-corrected chi connectivity index (χ3v) is 4.16. The Bertz CT molecular complexity index is 906. The average Bonchev–Trinajstić information content (AvgIpc) is 2.62. The summed E-state index contributed by atoms with van der Waals surface area (Å²) in [4.78, 5) is 14.3. The van der Waals surface area contributed by atoms with Crippen molar-refractivity contribution in [1.29, 1.82) is 10.8 Å². The number of benzene rings is 2. The Morgan fingerprint density at radius 3 is 2.16 bits per heavy atom. The van der Waals surface area contributed by atoms with Crippen molar-refractivity contribution < 1.29 is 9.90 Å². The molecule has 2 aromatic carbocycles. The van der Waals surface area contributed by atoms with E-state index >= 15 is 0 Å². The summed E-state index contributed by atoms with van der Waals surface area (Å²) in [5, 5.41) is 26.4. The Hall–Kier alpha value is -3.43. The van der Waals surface area contributed by atoms with Gasteiger partial charge in [-0.3, -0.25) is 20.5 Å². The molecule has 0 spiro atoms. The number of amides is 1. The third kappa shape index (κ3) is 2.77. The Labute approximate surface area is 145 Å². The molecule has 1 unspecified atom stereocenters. The van der Waals surface area contributed by atoms with Gasteiger partial charge in [-0.05, 0) is 30.5 Å². The van der Waals surface area contributed by atoms with E-state index in [0.717, 1.165) is 5.56 Å². The van der Waals surface area contributed by atoms with Crippen LogP contribution < -0.4 is 4.90 Å². The summed E-state index contributed by atoms with van der Waals surface area (Å²) in [6.45, 7) is 1.45. The van der Waals surface area contributed by atoms with Crippen molar-refractivity contribution in [3.05, 3.63) is 83.1 Å². The minimum atomic E-state index is -0.691. The van der Waals surface area contributed by atoms with Crippen LogP contribution in [0.25, 0.3) is 0 Å². The Balaban J connectivity index is 2.22. The maximum atomic E-state index is 13.1. The van der Waals surface area contributed by atoms with E-state index in [1.165, 1.54) is 11.8 Å². The lowest BCUT2D eigenvalue weighted by Gasteiger charge is -2.35. The Morgan fingerprint density at radius 2 is 1.64 bits per heavy atom. The number of carbonyl (C=O) groups excluding carboxylic acids is 1. The lowest BCUT2D eigenvalue weighted by molar-refractivity contribution is -0.114. The van der Waals surface area contributed by atoms with E-state index in [-0.39, 0.29) is 22.7 Å². The summed E-state index contributed by atoms with van der Waals surface area (Å²) in [7, 11) is 0. The number of anilines is 1. The standard InChI is InChI=1S/C20H17N3O2/c1-13(24)17-18(14-8-4-2-5-9-14)16(12-21)19(22)23(20(17)25)15-10-6-3-7-11-15/h2-11,18,21-22,24H,1H3/b17-13+,22-19?. The van der Waals surface area contributed by atoms with E-state index in [4.69, 9.17) is 10.8 Å². The number of allylic oxidation sites excluding steroid dienone is 1. The lowest BCUT2D eigenvalue weighted by Crippen LogP contribution is -2.46. The van der Waals surface area contributed by atoms with Crippen molar-refractivity contribution in [2.45, 2.75) is 12.8 Å². The number of piperidine rings is 1. The number of carbonyl (C=O) groups is 1. The number of amidine groups is 1. The zero-order valence-electron chi connectivity index (χ0n) is 13.7. The first-order valence-corrected chi connectivity index (χ1v) is 7.79. The van der Waals surface area contributed by atoms with Crippen LogP contribution in [0.5, 0.6) is 0 Å². The molecule has 3 rings (SSSR count). The second-order valence-electron chi connectivity index (χ2n) is 5.71. The molecule has 1 heterocycles. The van der Waals surface area contributed by atoms with Gasteiger partial charge in [-0.15, -0.1) is 0 Å². The highest BCUT2D eigenvalue weighted by Gasteiger charge is 2.42. The van der Waals surface area contributed by atoms with E-state index in [1.54, 1.807) is 24.3 Å². The molecule has 1 atom stereocenters. The largest absolute Gasteiger partial charge is 0.512 e. The van der Waals surface area contributed by atoms with Crippen molar-refractivity contribution in [3.8, 4) is 0 Å². The second kappa shape index (κ2) is 6.59. The summed E-state index contributed by atoms with van der Waals surface area (Å²) < 4.78 is 0. The molecule has 0 aromatic heterocycles. The molecule has 1 amide bonds. The minimum absolute atomic E-state index is 0.106. The number of rotatable bonds is 2. The molecule has 2 aromatic rings. The number of para-hydroxylation sites is 1. The van der Waals surface area contributed by atoms with Crippen molar-refractivity contribution in [3.63, 3.8) is 0 Å². The van der Waals surface area contributed by atoms with Gasteiger partial charge >= 0.3 is 0 Å². The van der Waals surface area contributed by atoms with Crippen LogP contribution in [-0.2, 0) is 4.79 Å². The van der Waals surface area contributed by atoms with Crippen LogP contribution in [0.3, 0.4) is 0 Å². The van der Waals surface area contributed by atoms with Gasteiger partial charge in [0.05, 0.1) is 28.5 Å². The van der Waals surface area contributed by atoms with Crippen LogP contribution in [0.15, 0.2) is 77.6 Å². The van der Waals surface area contributed by atoms with Crippen LogP contribution in [-0.4, -0.2) is 22.7 Å². The molecule has 0 radical (unpaired) electrons. The number of aliphatic hydroxyl groups excluding tert-OH is 1. The summed E-state index contributed by atoms with van der Waals surface area (Å²) in [5.41, 5.74) is 1.63. The molecule has 25 heavy (non-hydrogen) atoms. The summed E-state index contributed by atoms with van der Waals surface area (Å²) >= 11 is 0. The lowest BCUT2D eigenvalue weighted by atomic mass is 9.79. The molecule has 0 aliphatic carbocycles. The highest BCUT2D eigenvalue weighted by atomic mass is 16.3. The van der Waals surface area contributed by atoms with Gasteiger partial charge < -0.3 is 5.11 Å². The van der Waals surface area contributed by atoms with Crippen LogP contribution in [0.2, 0.25) is 0 Å². The zero-order chi connectivity index (χ0) is 18.0. The number of hydrogen-bond acceptors (Lipinski definition) is 4. The van der Waals surface area contributed by atoms with Crippen molar-refractivity contribution in [2.75, 3.05) is 4.90 Å². The van der Waals surface area contributed by atoms with Gasteiger partial charge in [0.15, 0.2) is 0 Å². The molecule has 0 bridgehead atoms. The first-order valence-electron chi connectivity index (χ1n) is 7.79. The molecule has 124 valence electrons. The summed E-state index contributed by atoms with van der Waals surface area (Å²) in [6, 6.07) is 17.9. The van der Waals surface area contributed by atoms with E-state index in [9.17, 15) is 9.90 Å². The number of aliphatic hydroxyl groups is 1. The van der Waals surface area contributed by atoms with Gasteiger partial charge in [-0.2, -0.15) is 0 Å². The fourth-order valence-electron chi connectivity index (χ4n) is 3.04. The fraction of sp³-hybridized carbons (Fsp3) is 0.100. The summed E-state index contributed by atoms with van der Waals surface area (Å²) in [5.74, 6) is 0.919. The molecule has 1 aliphatic heterocycles. The predicted molar refractivity (Wildman–Crippen MR) is 97.4 cm³/mol. The van der Waals surface area contributed by atoms with Crippen LogP contribution in [0, 0.1) is 10.8 Å². The van der Waals surface area contributed by atoms with E-state index in [2.05, 4.69) is 5.87 Å². The third-order valence-electron chi connectivity index (χ3n) is 4.16. The predicted octanol–water partition coefficient (Wildman–Crippen LogP) is 3.80. The molecule has 3 N–H and O–H groups in total. The minimum Gasteiger partial charge on any atom is -0.512 e. The smallest absolute Gasteiger partial charge is 0.264 e. The zero-order valence-corrected chi connectivity index (χ0v) is 13.7. The normalized spacial score (nSPS) is 19.6. The molecule has 1 saturated heterocycles. The van der Waals surface area contributed by atoms with E-state index < -0.39 is 11.8 Å². The highest BCUT2D eigenvalue weighted by molar-refractivity contribution is 6.32. The Morgan fingerprint density at radius 1 is 1.08 bits per heavy atom. The van der Waals surface area contributed by atoms with E-state index in [0.29, 0.717) is 5.69 Å². The van der Waals surface area contributed by atoms with Gasteiger partial charge in [0, 0.05) is 0 Å². The first kappa shape index (κ1) is 16.4. The molecular formula is C20H17N3O2. The topological polar surface area (TPSA) is 88.2 Å². The number of nitrogens with one attached hydrogen (secondary N) is 2. The van der Waals surface area contributed by atoms with Crippen molar-refractivity contribution >= 4 is 23.3 Å². The van der Waals surface area contributed by atoms with E-state index in [1.807, 2.05) is 36.4 Å². The summed E-state index contributed by atoms with van der Waals surface area (Å²) in [6.07, 6.45) is 0. The second-order valence-corrected chi connectivity index (χ2v) is 5.71. The molecule has 1 aliphatic rings. The molecule has 5 nitrogen and oxygen atoms in total. The number of hydrogen-bond donors (Lipinski definition) is 3.